The van der Waals surface area contributed by atoms with Crippen LogP contribution in [0, 0.1) is 5.92 Å². The molecule has 2 amide bonds. The maximum atomic E-state index is 13.8. The molecule has 2 aromatic rings. The molecule has 0 bridgehead atoms. The summed E-state index contributed by atoms with van der Waals surface area (Å²) in [6.07, 6.45) is 4.27. The van der Waals surface area contributed by atoms with Gasteiger partial charge in [0.2, 0.25) is 0 Å². The molecule has 0 radical (unpaired) electrons. The molecule has 1 aliphatic carbocycles. The van der Waals surface area contributed by atoms with Gasteiger partial charge in [0.15, 0.2) is 0 Å². The quantitative estimate of drug-likeness (QED) is 0.737. The molecule has 9 heteroatoms. The van der Waals surface area contributed by atoms with Crippen molar-refractivity contribution in [2.45, 2.75) is 64.7 Å². The Labute approximate surface area is 194 Å². The maximum Gasteiger partial charge on any atom is 0.345 e. The summed E-state index contributed by atoms with van der Waals surface area (Å²) in [5, 5.41) is 8.30. The summed E-state index contributed by atoms with van der Waals surface area (Å²) >= 11 is 0. The smallest absolute Gasteiger partial charge is 0.345 e. The van der Waals surface area contributed by atoms with Gasteiger partial charge in [-0.25, -0.2) is 4.79 Å². The van der Waals surface area contributed by atoms with Crippen molar-refractivity contribution >= 4 is 11.9 Å². The van der Waals surface area contributed by atoms with Crippen LogP contribution < -0.4 is 11.1 Å². The molecule has 2 fully saturated rings. The van der Waals surface area contributed by atoms with Crippen LogP contribution >= 0.6 is 0 Å². The molecule has 5 rings (SSSR count). The Kier molecular flexibility index (Phi) is 5.29. The highest BCUT2D eigenvalue weighted by atomic mass is 16.2. The standard InChI is InChI=1S/C24H33N7O2/c1-14-12-30(15(2)11-29(14)13-16-5-6-16)23(33)31-21-18(10-27-24(21,3)4)20(28-31)17-7-8-19(22(25)32)26-9-17/h7-9,14-16,27H,5-6,10-13H2,1-4H3,(H2,25,32)/t14-,15+/m1/s1. The number of piperazine rings is 1. The van der Waals surface area contributed by atoms with Crippen LogP contribution in [-0.2, 0) is 12.1 Å². The molecule has 33 heavy (non-hydrogen) atoms. The molecule has 4 heterocycles. The number of carbonyl (C=O) groups excluding carboxylic acids is 2. The normalized spacial score (nSPS) is 24.7. The number of carbonyl (C=O) groups is 2. The van der Waals surface area contributed by atoms with Crippen molar-refractivity contribution < 1.29 is 9.59 Å². The highest BCUT2D eigenvalue weighted by molar-refractivity contribution is 5.91. The zero-order valence-corrected chi connectivity index (χ0v) is 19.8. The van der Waals surface area contributed by atoms with E-state index in [9.17, 15) is 9.59 Å². The average molecular weight is 452 g/mol. The summed E-state index contributed by atoms with van der Waals surface area (Å²) < 4.78 is 1.59. The third-order valence-corrected chi connectivity index (χ3v) is 7.30. The van der Waals surface area contributed by atoms with Crippen molar-refractivity contribution in [2.75, 3.05) is 19.6 Å². The number of nitrogens with one attached hydrogen (secondary N) is 1. The van der Waals surface area contributed by atoms with E-state index in [1.807, 2.05) is 4.90 Å². The second-order valence-corrected chi connectivity index (χ2v) is 10.4. The number of primary amides is 1. The topological polar surface area (TPSA) is 109 Å². The predicted molar refractivity (Wildman–Crippen MR) is 125 cm³/mol. The molecule has 2 aliphatic heterocycles. The van der Waals surface area contributed by atoms with Crippen LogP contribution in [0.3, 0.4) is 0 Å². The number of nitrogens with two attached hydrogens (primary N) is 1. The Morgan fingerprint density at radius 1 is 1.18 bits per heavy atom. The lowest BCUT2D eigenvalue weighted by molar-refractivity contribution is 0.0592. The average Bonchev–Trinajstić information content (AvgIpc) is 3.41. The second kappa shape index (κ2) is 7.92. The first-order valence-electron chi connectivity index (χ1n) is 11.8. The Bertz CT molecular complexity index is 1090. The Morgan fingerprint density at radius 2 is 1.94 bits per heavy atom. The maximum absolute atomic E-state index is 13.8. The Balaban J connectivity index is 1.47. The minimum atomic E-state index is -0.570. The van der Waals surface area contributed by atoms with Gasteiger partial charge in [-0.3, -0.25) is 14.7 Å². The van der Waals surface area contributed by atoms with Gasteiger partial charge >= 0.3 is 6.03 Å². The number of fused-ring (bicyclic) bond motifs is 1. The number of hydrogen-bond acceptors (Lipinski definition) is 6. The molecule has 9 nitrogen and oxygen atoms in total. The van der Waals surface area contributed by atoms with Crippen LogP contribution in [0.1, 0.15) is 62.3 Å². The van der Waals surface area contributed by atoms with E-state index in [2.05, 4.69) is 42.9 Å². The fourth-order valence-corrected chi connectivity index (χ4v) is 5.18. The van der Waals surface area contributed by atoms with Crippen molar-refractivity contribution in [3.8, 4) is 11.3 Å². The third kappa shape index (κ3) is 3.93. The third-order valence-electron chi connectivity index (χ3n) is 7.30. The van der Waals surface area contributed by atoms with Gasteiger partial charge < -0.3 is 16.0 Å². The van der Waals surface area contributed by atoms with Crippen LogP contribution in [0.2, 0.25) is 0 Å². The molecular weight excluding hydrogens is 418 g/mol. The highest BCUT2D eigenvalue weighted by Crippen LogP contribution is 2.37. The predicted octanol–water partition coefficient (Wildman–Crippen LogP) is 2.16. The van der Waals surface area contributed by atoms with Crippen LogP contribution in [0.4, 0.5) is 4.79 Å². The fraction of sp³-hybridized carbons (Fsp3) is 0.583. The summed E-state index contributed by atoms with van der Waals surface area (Å²) in [6, 6.07) is 3.75. The lowest BCUT2D eigenvalue weighted by Gasteiger charge is -2.44. The molecule has 2 aromatic heterocycles. The molecule has 3 aliphatic rings. The summed E-state index contributed by atoms with van der Waals surface area (Å²) in [5.41, 5.74) is 8.51. The lowest BCUT2D eigenvalue weighted by Crippen LogP contribution is -2.59. The van der Waals surface area contributed by atoms with Gasteiger partial charge in [0, 0.05) is 55.6 Å². The van der Waals surface area contributed by atoms with E-state index >= 15 is 0 Å². The van der Waals surface area contributed by atoms with E-state index in [1.54, 1.807) is 23.0 Å². The zero-order chi connectivity index (χ0) is 23.5. The van der Waals surface area contributed by atoms with Crippen LogP contribution in [0.25, 0.3) is 11.3 Å². The molecule has 0 aromatic carbocycles. The van der Waals surface area contributed by atoms with Gasteiger partial charge in [-0.1, -0.05) is 0 Å². The van der Waals surface area contributed by atoms with Crippen LogP contribution in [0.15, 0.2) is 18.3 Å². The highest BCUT2D eigenvalue weighted by Gasteiger charge is 2.41. The number of aromatic nitrogens is 3. The summed E-state index contributed by atoms with van der Waals surface area (Å²) in [4.78, 5) is 33.9. The zero-order valence-electron chi connectivity index (χ0n) is 19.8. The van der Waals surface area contributed by atoms with Gasteiger partial charge in [-0.15, -0.1) is 0 Å². The number of nitrogens with zero attached hydrogens (tertiary/aromatic N) is 5. The summed E-state index contributed by atoms with van der Waals surface area (Å²) in [7, 11) is 0. The van der Waals surface area contributed by atoms with E-state index < -0.39 is 5.91 Å². The fourth-order valence-electron chi connectivity index (χ4n) is 5.18. The number of rotatable bonds is 4. The van der Waals surface area contributed by atoms with Crippen molar-refractivity contribution in [2.24, 2.45) is 11.7 Å². The summed E-state index contributed by atoms with van der Waals surface area (Å²) in [6.45, 7) is 11.8. The number of amides is 2. The summed E-state index contributed by atoms with van der Waals surface area (Å²) in [5.74, 6) is 0.263. The Morgan fingerprint density at radius 3 is 2.58 bits per heavy atom. The first-order valence-corrected chi connectivity index (χ1v) is 11.8. The van der Waals surface area contributed by atoms with Crippen molar-refractivity contribution in [1.82, 2.24) is 29.9 Å². The van der Waals surface area contributed by atoms with Crippen molar-refractivity contribution in [1.29, 1.82) is 0 Å². The Hall–Kier alpha value is -2.78. The van der Waals surface area contributed by atoms with Gasteiger partial charge in [0.1, 0.15) is 5.69 Å². The molecular formula is C24H33N7O2. The molecule has 1 saturated heterocycles. The molecule has 2 atom stereocenters. The van der Waals surface area contributed by atoms with Crippen molar-refractivity contribution in [3.05, 3.63) is 35.3 Å². The van der Waals surface area contributed by atoms with Crippen LogP contribution in [-0.4, -0.2) is 68.2 Å². The molecule has 0 spiro atoms. The van der Waals surface area contributed by atoms with E-state index in [1.165, 1.54) is 12.8 Å². The molecule has 0 unspecified atom stereocenters. The van der Waals surface area contributed by atoms with Gasteiger partial charge in [-0.05, 0) is 58.6 Å². The first-order chi connectivity index (χ1) is 15.7. The molecule has 176 valence electrons. The minimum Gasteiger partial charge on any atom is -0.364 e. The number of pyridine rings is 1. The SMILES string of the molecule is C[C@@H]1CN(C(=O)n2nc(-c3ccc(C(N)=O)nc3)c3c2C(C)(C)NC3)[C@@H](C)CN1CC1CC1. The van der Waals surface area contributed by atoms with E-state index in [-0.39, 0.29) is 23.3 Å². The molecule has 3 N–H and O–H groups in total. The minimum absolute atomic E-state index is 0.0820. The monoisotopic (exact) mass is 451 g/mol. The van der Waals surface area contributed by atoms with Gasteiger partial charge in [0.05, 0.1) is 16.9 Å². The van der Waals surface area contributed by atoms with Gasteiger partial charge in [0.25, 0.3) is 5.91 Å². The van der Waals surface area contributed by atoms with E-state index in [4.69, 9.17) is 10.8 Å². The van der Waals surface area contributed by atoms with E-state index in [0.29, 0.717) is 24.8 Å². The number of hydrogen-bond donors (Lipinski definition) is 2. The largest absolute Gasteiger partial charge is 0.364 e. The van der Waals surface area contributed by atoms with Crippen LogP contribution in [0.5, 0.6) is 0 Å². The lowest BCUT2D eigenvalue weighted by atomic mass is 9.99. The van der Waals surface area contributed by atoms with Crippen molar-refractivity contribution in [3.63, 3.8) is 0 Å². The van der Waals surface area contributed by atoms with Gasteiger partial charge in [-0.2, -0.15) is 9.78 Å². The first kappa shape index (κ1) is 22.0. The molecule has 1 saturated carbocycles. The second-order valence-electron chi connectivity index (χ2n) is 10.4. The van der Waals surface area contributed by atoms with E-state index in [0.717, 1.165) is 35.8 Å².